The molecule has 6 aromatic carbocycles. The highest BCUT2D eigenvalue weighted by Gasteiger charge is 2.43. The third kappa shape index (κ3) is 5.74. The first kappa shape index (κ1) is 26.3. The zero-order chi connectivity index (χ0) is 28.1. The summed E-state index contributed by atoms with van der Waals surface area (Å²) in [6, 6.07) is 56.1. The largest absolute Gasteiger partial charge is 0.467 e. The van der Waals surface area contributed by atoms with Crippen molar-refractivity contribution >= 4 is 37.7 Å². The van der Waals surface area contributed by atoms with Gasteiger partial charge < -0.3 is 13.7 Å². The standard InChI is InChI=1S/C36H27B3O3/c1-4-13-28(14-5-1)31-19-10-22-34(25-31)37-40-38(35-23-11-20-32(26-35)29-15-6-2-7-16-29)42-39(41-37)36-24-12-21-33(27-36)30-17-8-3-9-18-30/h1-27H. The molecule has 0 aliphatic carbocycles. The molecule has 0 N–H and O–H groups in total. The topological polar surface area (TPSA) is 27.7 Å². The predicted octanol–water partition coefficient (Wildman–Crippen LogP) is 6.24. The molecule has 6 aromatic rings. The van der Waals surface area contributed by atoms with E-state index in [2.05, 4.69) is 146 Å². The van der Waals surface area contributed by atoms with E-state index in [1.165, 1.54) is 0 Å². The zero-order valence-corrected chi connectivity index (χ0v) is 23.0. The van der Waals surface area contributed by atoms with Crippen molar-refractivity contribution in [1.82, 2.24) is 0 Å². The summed E-state index contributed by atoms with van der Waals surface area (Å²) in [5, 5.41) is 0. The van der Waals surface area contributed by atoms with E-state index in [1.54, 1.807) is 0 Å². The van der Waals surface area contributed by atoms with Crippen molar-refractivity contribution in [3.63, 3.8) is 0 Å². The van der Waals surface area contributed by atoms with Gasteiger partial charge in [0.1, 0.15) is 0 Å². The van der Waals surface area contributed by atoms with Crippen molar-refractivity contribution in [3.8, 4) is 33.4 Å². The van der Waals surface area contributed by atoms with Gasteiger partial charge in [0, 0.05) is 0 Å². The molecule has 42 heavy (non-hydrogen) atoms. The van der Waals surface area contributed by atoms with E-state index in [4.69, 9.17) is 13.7 Å². The van der Waals surface area contributed by atoms with Crippen molar-refractivity contribution in [1.29, 1.82) is 0 Å². The fourth-order valence-electron chi connectivity index (χ4n) is 5.39. The Labute approximate surface area is 248 Å². The predicted molar refractivity (Wildman–Crippen MR) is 175 cm³/mol. The molecule has 0 atom stereocenters. The minimum Gasteiger partial charge on any atom is -0.445 e. The minimum atomic E-state index is -0.627. The summed E-state index contributed by atoms with van der Waals surface area (Å²) in [5.74, 6) is 0. The SMILES string of the molecule is c1ccc(-c2cccc(B3OB(c4cccc(-c5ccccc5)c4)OB(c4cccc(-c5ccccc5)c4)O3)c2)cc1. The monoisotopic (exact) mass is 540 g/mol. The van der Waals surface area contributed by atoms with Crippen molar-refractivity contribution in [2.24, 2.45) is 0 Å². The molecule has 1 aliphatic heterocycles. The Morgan fingerprint density at radius 3 is 0.810 bits per heavy atom. The second kappa shape index (κ2) is 12.1. The summed E-state index contributed by atoms with van der Waals surface area (Å²) in [6.45, 7) is 0. The van der Waals surface area contributed by atoms with E-state index >= 15 is 0 Å². The highest BCUT2D eigenvalue weighted by atomic mass is 16.7. The van der Waals surface area contributed by atoms with E-state index in [0.717, 1.165) is 49.8 Å². The molecule has 198 valence electrons. The zero-order valence-electron chi connectivity index (χ0n) is 23.0. The van der Waals surface area contributed by atoms with Crippen LogP contribution in [0.1, 0.15) is 0 Å². The van der Waals surface area contributed by atoms with Crippen molar-refractivity contribution in [2.75, 3.05) is 0 Å². The number of benzene rings is 6. The van der Waals surface area contributed by atoms with E-state index < -0.39 is 21.4 Å². The van der Waals surface area contributed by atoms with Crippen molar-refractivity contribution < 1.29 is 13.7 Å². The van der Waals surface area contributed by atoms with Crippen LogP contribution >= 0.6 is 0 Å². The third-order valence-electron chi connectivity index (χ3n) is 7.54. The summed E-state index contributed by atoms with van der Waals surface area (Å²) in [7, 11) is -1.88. The molecule has 0 unspecified atom stereocenters. The van der Waals surface area contributed by atoms with E-state index in [-0.39, 0.29) is 0 Å². The van der Waals surface area contributed by atoms with Crippen LogP contribution in [-0.2, 0) is 13.7 Å². The van der Waals surface area contributed by atoms with Crippen molar-refractivity contribution in [2.45, 2.75) is 0 Å². The number of rotatable bonds is 6. The van der Waals surface area contributed by atoms with Gasteiger partial charge in [0.2, 0.25) is 0 Å². The summed E-state index contributed by atoms with van der Waals surface area (Å²) in [6.07, 6.45) is 0. The van der Waals surface area contributed by atoms with Gasteiger partial charge in [0.15, 0.2) is 0 Å². The van der Waals surface area contributed by atoms with E-state index in [9.17, 15) is 0 Å². The Kier molecular flexibility index (Phi) is 7.58. The second-order valence-corrected chi connectivity index (χ2v) is 10.4. The molecule has 1 saturated heterocycles. The highest BCUT2D eigenvalue weighted by Crippen LogP contribution is 2.22. The van der Waals surface area contributed by atoms with Gasteiger partial charge in [-0.3, -0.25) is 0 Å². The maximum absolute atomic E-state index is 6.56. The lowest BCUT2D eigenvalue weighted by molar-refractivity contribution is 0.308. The second-order valence-electron chi connectivity index (χ2n) is 10.4. The lowest BCUT2D eigenvalue weighted by atomic mass is 9.61. The van der Waals surface area contributed by atoms with Gasteiger partial charge in [0.05, 0.1) is 0 Å². The highest BCUT2D eigenvalue weighted by molar-refractivity contribution is 6.87. The Hall–Kier alpha value is -4.61. The normalized spacial score (nSPS) is 13.3. The third-order valence-corrected chi connectivity index (χ3v) is 7.54. The lowest BCUT2D eigenvalue weighted by Gasteiger charge is -2.32. The molecule has 0 aromatic heterocycles. The first-order valence-electron chi connectivity index (χ1n) is 14.2. The molecule has 0 amide bonds. The Balaban J connectivity index is 1.26. The first-order chi connectivity index (χ1) is 20.8. The van der Waals surface area contributed by atoms with Crippen LogP contribution in [0.3, 0.4) is 0 Å². The van der Waals surface area contributed by atoms with Gasteiger partial charge in [-0.25, -0.2) is 0 Å². The maximum Gasteiger partial charge on any atom is 0.467 e. The van der Waals surface area contributed by atoms with Gasteiger partial charge in [-0.15, -0.1) is 0 Å². The molecule has 0 spiro atoms. The summed E-state index contributed by atoms with van der Waals surface area (Å²) >= 11 is 0. The van der Waals surface area contributed by atoms with Crippen LogP contribution in [0, 0.1) is 0 Å². The first-order valence-corrected chi connectivity index (χ1v) is 14.2. The lowest BCUT2D eigenvalue weighted by Crippen LogP contribution is -2.61. The van der Waals surface area contributed by atoms with Crippen LogP contribution in [0.2, 0.25) is 0 Å². The smallest absolute Gasteiger partial charge is 0.445 e. The summed E-state index contributed by atoms with van der Waals surface area (Å²) in [4.78, 5) is 0. The average Bonchev–Trinajstić information content (AvgIpc) is 3.09. The van der Waals surface area contributed by atoms with Crippen LogP contribution < -0.4 is 16.4 Å². The molecule has 7 rings (SSSR count). The quantitative estimate of drug-likeness (QED) is 0.235. The van der Waals surface area contributed by atoms with E-state index in [0.29, 0.717) is 0 Å². The van der Waals surface area contributed by atoms with Gasteiger partial charge in [0.25, 0.3) is 0 Å². The Bertz CT molecular complexity index is 1560. The summed E-state index contributed by atoms with van der Waals surface area (Å²) in [5.41, 5.74) is 9.57. The van der Waals surface area contributed by atoms with Crippen LogP contribution in [0.25, 0.3) is 33.4 Å². The van der Waals surface area contributed by atoms with Crippen LogP contribution in [-0.4, -0.2) is 21.4 Å². The molecule has 1 fully saturated rings. The molecule has 3 nitrogen and oxygen atoms in total. The molecule has 0 radical (unpaired) electrons. The van der Waals surface area contributed by atoms with E-state index in [1.807, 2.05) is 18.2 Å². The molecule has 0 bridgehead atoms. The molecule has 1 aliphatic rings. The Morgan fingerprint density at radius 1 is 0.262 bits per heavy atom. The van der Waals surface area contributed by atoms with Crippen LogP contribution in [0.4, 0.5) is 0 Å². The van der Waals surface area contributed by atoms with Crippen LogP contribution in [0.15, 0.2) is 164 Å². The molecule has 0 saturated carbocycles. The molecule has 6 heteroatoms. The molecule has 1 heterocycles. The van der Waals surface area contributed by atoms with Gasteiger partial charge in [-0.05, 0) is 49.8 Å². The maximum atomic E-state index is 6.56. The fourth-order valence-corrected chi connectivity index (χ4v) is 5.39. The Morgan fingerprint density at radius 2 is 0.524 bits per heavy atom. The van der Waals surface area contributed by atoms with Gasteiger partial charge in [-0.1, -0.05) is 164 Å². The van der Waals surface area contributed by atoms with Crippen LogP contribution in [0.5, 0.6) is 0 Å². The number of hydrogen-bond donors (Lipinski definition) is 0. The van der Waals surface area contributed by atoms with Crippen molar-refractivity contribution in [3.05, 3.63) is 164 Å². The molecular weight excluding hydrogens is 513 g/mol. The number of hydrogen-bond acceptors (Lipinski definition) is 3. The van der Waals surface area contributed by atoms with Gasteiger partial charge in [-0.2, -0.15) is 0 Å². The average molecular weight is 540 g/mol. The summed E-state index contributed by atoms with van der Waals surface area (Å²) < 4.78 is 19.7. The minimum absolute atomic E-state index is 0.627. The fraction of sp³-hybridized carbons (Fsp3) is 0. The molecular formula is C36H27B3O3. The van der Waals surface area contributed by atoms with Gasteiger partial charge >= 0.3 is 21.4 Å².